The van der Waals surface area contributed by atoms with Crippen molar-refractivity contribution in [3.63, 3.8) is 0 Å². The van der Waals surface area contributed by atoms with Gasteiger partial charge in [0.25, 0.3) is 5.90 Å². The largest absolute Gasteiger partial charge is 0.494 e. The predicted molar refractivity (Wildman–Crippen MR) is 96.8 cm³/mol. The van der Waals surface area contributed by atoms with Crippen LogP contribution in [0.15, 0.2) is 23.2 Å². The molecule has 0 unspecified atom stereocenters. The second-order valence-electron chi connectivity index (χ2n) is 7.77. The van der Waals surface area contributed by atoms with Gasteiger partial charge in [0.1, 0.15) is 5.60 Å². The highest BCUT2D eigenvalue weighted by Gasteiger charge is 2.52. The Balaban J connectivity index is 2.00. The highest BCUT2D eigenvalue weighted by molar-refractivity contribution is 6.62. The van der Waals surface area contributed by atoms with E-state index in [1.54, 1.807) is 6.92 Å². The lowest BCUT2D eigenvalue weighted by Crippen LogP contribution is -2.41. The molecule has 0 aliphatic carbocycles. The van der Waals surface area contributed by atoms with Crippen LogP contribution in [-0.4, -0.2) is 24.2 Å². The maximum Gasteiger partial charge on any atom is 0.494 e. The monoisotopic (exact) mass is 325 g/mol. The molecule has 4 nitrogen and oxygen atoms in total. The third kappa shape index (κ3) is 2.74. The molecule has 0 aromatic heterocycles. The van der Waals surface area contributed by atoms with Gasteiger partial charge >= 0.3 is 7.12 Å². The van der Waals surface area contributed by atoms with Gasteiger partial charge in [-0.2, -0.15) is 0 Å². The zero-order valence-corrected chi connectivity index (χ0v) is 15.5. The molecule has 5 heteroatoms. The third-order valence-electron chi connectivity index (χ3n) is 5.00. The molecule has 0 saturated carbocycles. The van der Waals surface area contributed by atoms with Gasteiger partial charge in [0.15, 0.2) is 0 Å². The van der Waals surface area contributed by atoms with Crippen LogP contribution in [0.5, 0.6) is 0 Å². The van der Waals surface area contributed by atoms with Crippen LogP contribution in [0, 0.1) is 11.8 Å². The van der Waals surface area contributed by atoms with Crippen LogP contribution in [0.4, 0.5) is 5.69 Å². The van der Waals surface area contributed by atoms with Gasteiger partial charge in [0, 0.05) is 5.56 Å². The van der Waals surface area contributed by atoms with Crippen LogP contribution in [0.25, 0.3) is 0 Å². The molecule has 0 spiro atoms. The Morgan fingerprint density at radius 3 is 2.21 bits per heavy atom. The van der Waals surface area contributed by atoms with Crippen LogP contribution in [0.1, 0.15) is 54.0 Å². The second-order valence-corrected chi connectivity index (χ2v) is 7.77. The van der Waals surface area contributed by atoms with Crippen molar-refractivity contribution in [2.75, 3.05) is 0 Å². The van der Waals surface area contributed by atoms with Gasteiger partial charge in [-0.15, -0.1) is 0 Å². The molecule has 2 aliphatic heterocycles. The van der Waals surface area contributed by atoms with Crippen LogP contribution < -0.4 is 5.46 Å². The van der Waals surface area contributed by atoms with E-state index < -0.39 is 12.7 Å². The van der Waals surface area contributed by atoms with E-state index in [9.17, 15) is 0 Å². The van der Waals surface area contributed by atoms with Gasteiger partial charge in [0.05, 0.1) is 16.9 Å². The fourth-order valence-corrected chi connectivity index (χ4v) is 2.85. The molecule has 0 N–H and O–H groups in total. The lowest BCUT2D eigenvalue weighted by molar-refractivity contribution is 0.00578. The molecule has 1 aromatic rings. The summed E-state index contributed by atoms with van der Waals surface area (Å²) >= 11 is 0. The first kappa shape index (κ1) is 17.1. The summed E-state index contributed by atoms with van der Waals surface area (Å²) in [5.41, 5.74) is 1.64. The minimum absolute atomic E-state index is 0.359. The first-order valence-electron chi connectivity index (χ1n) is 8.26. The van der Waals surface area contributed by atoms with Crippen molar-refractivity contribution in [2.24, 2.45) is 4.99 Å². The van der Waals surface area contributed by atoms with Gasteiger partial charge in [-0.25, -0.2) is 4.99 Å². The summed E-state index contributed by atoms with van der Waals surface area (Å²) in [4.78, 5) is 4.49. The highest BCUT2D eigenvalue weighted by atomic mass is 16.7. The number of ether oxygens (including phenoxy) is 1. The standard InChI is InChI=1S/C19H24BNO3/c1-8-9-16-21-15-11-10-13(12-14(15)17(2,3)22-16)20-23-18(4,5)19(6,7)24-20/h10-12H,1-7H3. The molecule has 1 saturated heterocycles. The molecule has 3 rings (SSSR count). The average molecular weight is 325 g/mol. The van der Waals surface area contributed by atoms with Crippen molar-refractivity contribution < 1.29 is 14.0 Å². The summed E-state index contributed by atoms with van der Waals surface area (Å²) in [5.74, 6) is 6.19. The molecule has 1 aromatic carbocycles. The topological polar surface area (TPSA) is 40.0 Å². The zero-order valence-electron chi connectivity index (χ0n) is 15.5. The van der Waals surface area contributed by atoms with Gasteiger partial charge in [0.2, 0.25) is 0 Å². The number of hydrogen-bond acceptors (Lipinski definition) is 4. The Kier molecular flexibility index (Phi) is 3.82. The number of fused-ring (bicyclic) bond motifs is 1. The molecule has 0 bridgehead atoms. The maximum atomic E-state index is 6.15. The smallest absolute Gasteiger partial charge is 0.460 e. The van der Waals surface area contributed by atoms with E-state index in [4.69, 9.17) is 14.0 Å². The summed E-state index contributed by atoms with van der Waals surface area (Å²) in [6, 6.07) is 6.05. The van der Waals surface area contributed by atoms with Gasteiger partial charge in [-0.3, -0.25) is 0 Å². The fourth-order valence-electron chi connectivity index (χ4n) is 2.85. The Labute approximate surface area is 144 Å². The quantitative estimate of drug-likeness (QED) is 0.587. The molecule has 1 fully saturated rings. The average Bonchev–Trinajstić information content (AvgIpc) is 2.67. The molecule has 24 heavy (non-hydrogen) atoms. The lowest BCUT2D eigenvalue weighted by Gasteiger charge is -2.32. The number of aliphatic imine (C=N–C) groups is 1. The van der Waals surface area contributed by atoms with Gasteiger partial charge < -0.3 is 14.0 Å². The number of rotatable bonds is 1. The fraction of sp³-hybridized carbons (Fsp3) is 0.526. The molecule has 0 amide bonds. The van der Waals surface area contributed by atoms with Crippen LogP contribution in [-0.2, 0) is 19.6 Å². The van der Waals surface area contributed by atoms with E-state index in [2.05, 4.69) is 50.6 Å². The summed E-state index contributed by atoms with van der Waals surface area (Å²) in [5, 5.41) is 0. The molecule has 0 radical (unpaired) electrons. The van der Waals surface area contributed by atoms with E-state index in [0.29, 0.717) is 5.90 Å². The molecule has 2 heterocycles. The van der Waals surface area contributed by atoms with Crippen molar-refractivity contribution in [2.45, 2.75) is 65.3 Å². The minimum atomic E-state index is -0.504. The van der Waals surface area contributed by atoms with Crippen molar-refractivity contribution >= 4 is 24.2 Å². The lowest BCUT2D eigenvalue weighted by atomic mass is 9.76. The predicted octanol–water partition coefficient (Wildman–Crippen LogP) is 3.30. The molecular formula is C19H24BNO3. The Morgan fingerprint density at radius 2 is 1.62 bits per heavy atom. The normalized spacial score (nSPS) is 22.8. The van der Waals surface area contributed by atoms with Crippen LogP contribution in [0.2, 0.25) is 0 Å². The number of benzene rings is 1. The van der Waals surface area contributed by atoms with E-state index in [0.717, 1.165) is 16.7 Å². The summed E-state index contributed by atoms with van der Waals surface area (Å²) < 4.78 is 18.2. The van der Waals surface area contributed by atoms with Crippen LogP contribution in [0.3, 0.4) is 0 Å². The van der Waals surface area contributed by atoms with E-state index in [1.807, 2.05) is 26.0 Å². The van der Waals surface area contributed by atoms with Crippen LogP contribution >= 0.6 is 0 Å². The van der Waals surface area contributed by atoms with E-state index >= 15 is 0 Å². The molecule has 0 atom stereocenters. The Hall–Kier alpha value is -1.77. The summed E-state index contributed by atoms with van der Waals surface area (Å²) in [6.07, 6.45) is 0. The van der Waals surface area contributed by atoms with Crippen molar-refractivity contribution in [3.05, 3.63) is 23.8 Å². The third-order valence-corrected chi connectivity index (χ3v) is 5.00. The zero-order chi connectivity index (χ0) is 17.8. The number of hydrogen-bond donors (Lipinski definition) is 0. The maximum absolute atomic E-state index is 6.15. The SMILES string of the molecule is CC#CC1=Nc2ccc(B3OC(C)(C)C(C)(C)O3)cc2C(C)(C)O1. The Morgan fingerprint density at radius 1 is 1.00 bits per heavy atom. The van der Waals surface area contributed by atoms with Gasteiger partial charge in [-0.1, -0.05) is 18.1 Å². The first-order valence-corrected chi connectivity index (χ1v) is 8.26. The Bertz CT molecular complexity index is 753. The van der Waals surface area contributed by atoms with Crippen molar-refractivity contribution in [1.29, 1.82) is 0 Å². The molecule has 2 aliphatic rings. The summed E-state index contributed by atoms with van der Waals surface area (Å²) in [7, 11) is -0.392. The van der Waals surface area contributed by atoms with Crippen molar-refractivity contribution in [1.82, 2.24) is 0 Å². The molecular weight excluding hydrogens is 301 g/mol. The minimum Gasteiger partial charge on any atom is -0.460 e. The van der Waals surface area contributed by atoms with Gasteiger partial charge in [-0.05, 0) is 65.9 Å². The van der Waals surface area contributed by atoms with E-state index in [-0.39, 0.29) is 11.2 Å². The summed E-state index contributed by atoms with van der Waals surface area (Å²) in [6.45, 7) is 14.0. The highest BCUT2D eigenvalue weighted by Crippen LogP contribution is 2.39. The number of nitrogens with zero attached hydrogens (tertiary/aromatic N) is 1. The van der Waals surface area contributed by atoms with E-state index in [1.165, 1.54) is 0 Å². The molecule has 126 valence electrons. The first-order chi connectivity index (χ1) is 11.1. The van der Waals surface area contributed by atoms with Crippen molar-refractivity contribution in [3.8, 4) is 11.8 Å². The second kappa shape index (κ2) is 5.37.